The van der Waals surface area contributed by atoms with Crippen molar-refractivity contribution >= 4 is 33.4 Å². The summed E-state index contributed by atoms with van der Waals surface area (Å²) in [5, 5.41) is 16.0. The van der Waals surface area contributed by atoms with E-state index < -0.39 is 11.6 Å². The minimum atomic E-state index is -1.37. The zero-order valence-electron chi connectivity index (χ0n) is 21.9. The van der Waals surface area contributed by atoms with E-state index in [-0.39, 0.29) is 18.9 Å². The number of rotatable bonds is 12. The SMILES string of the molecule is [N-]=[N+]=Nc1ccccc1C[C@@]1(C(=O)NCC2CC2)N=C(c2ccc(OCCCO)cc2)O[C@@H]1c1ccccc1Br. The lowest BCUT2D eigenvalue weighted by atomic mass is 9.81. The molecule has 206 valence electrons. The third-order valence-corrected chi connectivity index (χ3v) is 7.79. The van der Waals surface area contributed by atoms with E-state index >= 15 is 0 Å². The summed E-state index contributed by atoms with van der Waals surface area (Å²) >= 11 is 3.66. The second-order valence-electron chi connectivity index (χ2n) is 9.96. The Morgan fingerprint density at radius 1 is 1.15 bits per heavy atom. The van der Waals surface area contributed by atoms with Crippen LogP contribution in [-0.2, 0) is 16.0 Å². The Hall–Kier alpha value is -3.85. The Morgan fingerprint density at radius 3 is 2.62 bits per heavy atom. The largest absolute Gasteiger partial charge is 0.494 e. The van der Waals surface area contributed by atoms with Gasteiger partial charge in [0.1, 0.15) is 5.75 Å². The molecule has 5 rings (SSSR count). The molecule has 0 spiro atoms. The normalized spacial score (nSPS) is 19.8. The molecule has 2 aliphatic rings. The van der Waals surface area contributed by atoms with Crippen LogP contribution in [0.4, 0.5) is 5.69 Å². The van der Waals surface area contributed by atoms with Crippen molar-refractivity contribution in [2.45, 2.75) is 37.3 Å². The molecule has 3 aromatic rings. The molecule has 1 heterocycles. The third-order valence-electron chi connectivity index (χ3n) is 7.07. The monoisotopic (exact) mass is 603 g/mol. The molecule has 10 heteroatoms. The first-order valence-electron chi connectivity index (χ1n) is 13.3. The highest BCUT2D eigenvalue weighted by Gasteiger charge is 2.54. The number of azide groups is 1. The van der Waals surface area contributed by atoms with Crippen molar-refractivity contribution < 1.29 is 19.4 Å². The molecule has 1 fully saturated rings. The van der Waals surface area contributed by atoms with Gasteiger partial charge in [0, 0.05) is 52.2 Å². The summed E-state index contributed by atoms with van der Waals surface area (Å²) in [5.74, 6) is 1.23. The van der Waals surface area contributed by atoms with Crippen LogP contribution in [-0.4, -0.2) is 42.2 Å². The van der Waals surface area contributed by atoms with Crippen LogP contribution in [0.1, 0.15) is 42.1 Å². The Bertz CT molecular complexity index is 1440. The second kappa shape index (κ2) is 12.6. The number of aliphatic hydroxyl groups excluding tert-OH is 1. The van der Waals surface area contributed by atoms with Crippen LogP contribution in [0.25, 0.3) is 10.4 Å². The first-order chi connectivity index (χ1) is 19.5. The molecule has 9 nitrogen and oxygen atoms in total. The van der Waals surface area contributed by atoms with E-state index in [0.29, 0.717) is 54.0 Å². The fraction of sp³-hybridized carbons (Fsp3) is 0.333. The van der Waals surface area contributed by atoms with E-state index in [4.69, 9.17) is 19.6 Å². The maximum absolute atomic E-state index is 14.2. The summed E-state index contributed by atoms with van der Waals surface area (Å²) in [6.45, 7) is 1.05. The zero-order valence-corrected chi connectivity index (χ0v) is 23.5. The van der Waals surface area contributed by atoms with Crippen LogP contribution in [0.15, 0.2) is 87.4 Å². The first kappa shape index (κ1) is 27.7. The summed E-state index contributed by atoms with van der Waals surface area (Å²) in [6, 6.07) is 22.2. The third kappa shape index (κ3) is 6.14. The number of nitrogens with one attached hydrogen (secondary N) is 1. The second-order valence-corrected chi connectivity index (χ2v) is 10.8. The highest BCUT2D eigenvalue weighted by molar-refractivity contribution is 9.10. The van der Waals surface area contributed by atoms with E-state index in [0.717, 1.165) is 22.9 Å². The lowest BCUT2D eigenvalue weighted by molar-refractivity contribution is -0.129. The van der Waals surface area contributed by atoms with Crippen molar-refractivity contribution in [2.75, 3.05) is 19.8 Å². The summed E-state index contributed by atoms with van der Waals surface area (Å²) in [7, 11) is 0. The van der Waals surface area contributed by atoms with Gasteiger partial charge >= 0.3 is 0 Å². The van der Waals surface area contributed by atoms with Crippen molar-refractivity contribution in [3.05, 3.63) is 104 Å². The van der Waals surface area contributed by atoms with Crippen molar-refractivity contribution in [2.24, 2.45) is 16.0 Å². The molecule has 2 atom stereocenters. The first-order valence-corrected chi connectivity index (χ1v) is 14.1. The van der Waals surface area contributed by atoms with Gasteiger partial charge < -0.3 is 19.9 Å². The van der Waals surface area contributed by atoms with Crippen molar-refractivity contribution in [3.8, 4) is 5.75 Å². The average Bonchev–Trinajstić information content (AvgIpc) is 3.73. The molecule has 0 aromatic heterocycles. The number of carbonyl (C=O) groups is 1. The van der Waals surface area contributed by atoms with E-state index in [2.05, 4.69) is 31.3 Å². The molecular formula is C30H30BrN5O4. The molecule has 1 aliphatic heterocycles. The van der Waals surface area contributed by atoms with Gasteiger partial charge in [0.2, 0.25) is 5.90 Å². The van der Waals surface area contributed by atoms with Gasteiger partial charge in [-0.2, -0.15) is 0 Å². The Balaban J connectivity index is 1.59. The molecule has 0 bridgehead atoms. The van der Waals surface area contributed by atoms with Gasteiger partial charge in [-0.05, 0) is 60.2 Å². The molecular weight excluding hydrogens is 574 g/mol. The predicted molar refractivity (Wildman–Crippen MR) is 156 cm³/mol. The van der Waals surface area contributed by atoms with Crippen LogP contribution in [0, 0.1) is 5.92 Å². The Morgan fingerprint density at radius 2 is 1.90 bits per heavy atom. The minimum Gasteiger partial charge on any atom is -0.494 e. The number of aliphatic imine (C=N–C) groups is 1. The Labute approximate surface area is 241 Å². The number of nitrogens with zero attached hydrogens (tertiary/aromatic N) is 4. The van der Waals surface area contributed by atoms with Crippen LogP contribution in [0.3, 0.4) is 0 Å². The van der Waals surface area contributed by atoms with Gasteiger partial charge in [0.05, 0.1) is 6.61 Å². The van der Waals surface area contributed by atoms with Gasteiger partial charge in [0.25, 0.3) is 5.91 Å². The van der Waals surface area contributed by atoms with Gasteiger partial charge in [-0.25, -0.2) is 4.99 Å². The summed E-state index contributed by atoms with van der Waals surface area (Å²) in [4.78, 5) is 22.2. The van der Waals surface area contributed by atoms with E-state index in [9.17, 15) is 10.3 Å². The maximum Gasteiger partial charge on any atom is 0.252 e. The lowest BCUT2D eigenvalue weighted by Crippen LogP contribution is -2.50. The minimum absolute atomic E-state index is 0.0624. The fourth-order valence-corrected chi connectivity index (χ4v) is 5.25. The molecule has 1 saturated carbocycles. The summed E-state index contributed by atoms with van der Waals surface area (Å²) in [5.41, 5.74) is 10.4. The van der Waals surface area contributed by atoms with Crippen molar-refractivity contribution in [3.63, 3.8) is 0 Å². The predicted octanol–water partition coefficient (Wildman–Crippen LogP) is 6.18. The molecule has 0 radical (unpaired) electrons. The van der Waals surface area contributed by atoms with E-state index in [1.807, 2.05) is 60.7 Å². The van der Waals surface area contributed by atoms with Crippen LogP contribution in [0.2, 0.25) is 0 Å². The van der Waals surface area contributed by atoms with E-state index in [1.54, 1.807) is 12.1 Å². The zero-order chi connectivity index (χ0) is 28.0. The van der Waals surface area contributed by atoms with Crippen LogP contribution >= 0.6 is 15.9 Å². The van der Waals surface area contributed by atoms with Crippen molar-refractivity contribution in [1.82, 2.24) is 5.32 Å². The quantitative estimate of drug-likeness (QED) is 0.111. The summed E-state index contributed by atoms with van der Waals surface area (Å²) < 4.78 is 13.0. The topological polar surface area (TPSA) is 129 Å². The standard InChI is InChI=1S/C30H30BrN5O4/c31-25-8-3-2-7-24(25)27-30(29(38)33-19-20-10-11-20,18-22-6-1-4-9-26(22)35-36-32)34-28(40-27)21-12-14-23(15-13-21)39-17-5-16-37/h1-4,6-9,12-15,20,27,37H,5,10-11,16-19H2,(H,33,38)/t27-,30-/m1/s1. The Kier molecular flexibility index (Phi) is 8.69. The molecule has 1 amide bonds. The molecule has 2 N–H and O–H groups in total. The highest BCUT2D eigenvalue weighted by atomic mass is 79.9. The van der Waals surface area contributed by atoms with Crippen LogP contribution in [0.5, 0.6) is 5.75 Å². The van der Waals surface area contributed by atoms with Crippen LogP contribution < -0.4 is 10.1 Å². The molecule has 0 unspecified atom stereocenters. The molecule has 1 aliphatic carbocycles. The number of halogens is 1. The molecule has 40 heavy (non-hydrogen) atoms. The smallest absolute Gasteiger partial charge is 0.252 e. The van der Waals surface area contributed by atoms with Gasteiger partial charge in [0.15, 0.2) is 11.6 Å². The number of hydrogen-bond donors (Lipinski definition) is 2. The number of hydrogen-bond acceptors (Lipinski definition) is 6. The number of ether oxygens (including phenoxy) is 2. The summed E-state index contributed by atoms with van der Waals surface area (Å²) in [6.07, 6.45) is 2.14. The molecule has 0 saturated heterocycles. The van der Waals surface area contributed by atoms with Gasteiger partial charge in [-0.15, -0.1) is 0 Å². The molecule has 3 aromatic carbocycles. The van der Waals surface area contributed by atoms with Gasteiger partial charge in [-0.1, -0.05) is 63.5 Å². The highest BCUT2D eigenvalue weighted by Crippen LogP contribution is 2.45. The lowest BCUT2D eigenvalue weighted by Gasteiger charge is -2.31. The fourth-order valence-electron chi connectivity index (χ4n) is 4.76. The van der Waals surface area contributed by atoms with E-state index in [1.165, 1.54) is 0 Å². The number of aliphatic hydroxyl groups is 1. The number of amides is 1. The average molecular weight is 605 g/mol. The van der Waals surface area contributed by atoms with Gasteiger partial charge in [-0.3, -0.25) is 4.79 Å². The number of carbonyl (C=O) groups excluding carboxylic acids is 1. The van der Waals surface area contributed by atoms with Crippen molar-refractivity contribution in [1.29, 1.82) is 0 Å². The number of benzene rings is 3. The maximum atomic E-state index is 14.2.